The van der Waals surface area contributed by atoms with E-state index in [1.54, 1.807) is 7.11 Å². The average molecular weight is 425 g/mol. The molecule has 1 atom stereocenters. The zero-order valence-electron chi connectivity index (χ0n) is 17.7. The molecule has 0 unspecified atom stereocenters. The normalized spacial score (nSPS) is 18.0. The lowest BCUT2D eigenvalue weighted by atomic mass is 10.1. The number of nitrogens with zero attached hydrogens (tertiary/aromatic N) is 6. The van der Waals surface area contributed by atoms with Gasteiger partial charge in [0.2, 0.25) is 11.9 Å². The average Bonchev–Trinajstić information content (AvgIpc) is 3.24. The maximum Gasteiger partial charge on any atom is 0.216 e. The van der Waals surface area contributed by atoms with Crippen LogP contribution in [0.1, 0.15) is 17.4 Å². The summed E-state index contributed by atoms with van der Waals surface area (Å²) in [5.41, 5.74) is 4.19. The molecular weight excluding hydrogens is 402 g/mol. The molecule has 2 aliphatic rings. The molecule has 8 nitrogen and oxygen atoms in total. The van der Waals surface area contributed by atoms with Crippen LogP contribution in [0.3, 0.4) is 0 Å². The van der Waals surface area contributed by atoms with Crippen LogP contribution in [0.5, 0.6) is 5.75 Å². The molecule has 0 amide bonds. The summed E-state index contributed by atoms with van der Waals surface area (Å²) in [6.07, 6.45) is 1.72. The largest absolute Gasteiger partial charge is 0.497 e. The van der Waals surface area contributed by atoms with Crippen LogP contribution in [0, 0.1) is 0 Å². The molecule has 8 heteroatoms. The monoisotopic (exact) mass is 425 g/mol. The number of hydrogen-bond acceptors (Lipinski definition) is 7. The van der Waals surface area contributed by atoms with Gasteiger partial charge in [-0.25, -0.2) is 9.98 Å². The van der Waals surface area contributed by atoms with E-state index in [0.29, 0.717) is 13.3 Å². The molecule has 2 aromatic carbocycles. The van der Waals surface area contributed by atoms with E-state index in [4.69, 9.17) is 14.7 Å². The molecule has 4 aromatic rings. The summed E-state index contributed by atoms with van der Waals surface area (Å²) in [6, 6.07) is 22.4. The summed E-state index contributed by atoms with van der Waals surface area (Å²) in [6.45, 7) is 2.02. The summed E-state index contributed by atoms with van der Waals surface area (Å²) in [7, 11) is 1.68. The number of para-hydroxylation sites is 2. The SMILES string of the molecule is COc1ccc([C@H]2NC3=NCN(Cc4ccccn4)CN3c3nc4ccccc4n32)cc1. The van der Waals surface area contributed by atoms with Crippen molar-refractivity contribution in [3.8, 4) is 5.75 Å². The molecule has 0 saturated carbocycles. The molecule has 0 bridgehead atoms. The highest BCUT2D eigenvalue weighted by Gasteiger charge is 2.35. The number of fused-ring (bicyclic) bond motifs is 5. The number of imidazole rings is 1. The molecule has 0 radical (unpaired) electrons. The fraction of sp³-hybridized carbons (Fsp3) is 0.208. The Morgan fingerprint density at radius 1 is 1.03 bits per heavy atom. The molecule has 160 valence electrons. The first kappa shape index (κ1) is 18.8. The Kier molecular flexibility index (Phi) is 4.50. The van der Waals surface area contributed by atoms with Crippen molar-refractivity contribution in [2.75, 3.05) is 25.3 Å². The quantitative estimate of drug-likeness (QED) is 0.542. The lowest BCUT2D eigenvalue weighted by molar-refractivity contribution is 0.261. The smallest absolute Gasteiger partial charge is 0.216 e. The van der Waals surface area contributed by atoms with Gasteiger partial charge in [0.05, 0.1) is 37.2 Å². The van der Waals surface area contributed by atoms with Crippen LogP contribution in [0.15, 0.2) is 77.9 Å². The molecular formula is C24H23N7O. The second-order valence-electron chi connectivity index (χ2n) is 7.93. The highest BCUT2D eigenvalue weighted by atomic mass is 16.5. The molecule has 6 rings (SSSR count). The van der Waals surface area contributed by atoms with Crippen molar-refractivity contribution in [1.29, 1.82) is 0 Å². The Balaban J connectivity index is 1.41. The van der Waals surface area contributed by atoms with Gasteiger partial charge in [0.25, 0.3) is 0 Å². The number of pyridine rings is 1. The van der Waals surface area contributed by atoms with Gasteiger partial charge in [0.1, 0.15) is 11.9 Å². The first-order valence-electron chi connectivity index (χ1n) is 10.6. The second kappa shape index (κ2) is 7.65. The summed E-state index contributed by atoms with van der Waals surface area (Å²) in [5, 5.41) is 3.64. The lowest BCUT2D eigenvalue weighted by Crippen LogP contribution is -2.57. The van der Waals surface area contributed by atoms with E-state index >= 15 is 0 Å². The molecule has 0 spiro atoms. The third-order valence-electron chi connectivity index (χ3n) is 5.90. The van der Waals surface area contributed by atoms with Gasteiger partial charge in [-0.15, -0.1) is 0 Å². The number of rotatable bonds is 4. The van der Waals surface area contributed by atoms with Gasteiger partial charge >= 0.3 is 0 Å². The van der Waals surface area contributed by atoms with Crippen LogP contribution < -0.4 is 15.0 Å². The zero-order valence-corrected chi connectivity index (χ0v) is 17.7. The number of nitrogens with one attached hydrogen (secondary N) is 1. The van der Waals surface area contributed by atoms with E-state index < -0.39 is 0 Å². The van der Waals surface area contributed by atoms with E-state index in [9.17, 15) is 0 Å². The molecule has 0 fully saturated rings. The van der Waals surface area contributed by atoms with Crippen LogP contribution in [0.4, 0.5) is 5.95 Å². The van der Waals surface area contributed by atoms with Crippen molar-refractivity contribution in [2.24, 2.45) is 4.99 Å². The molecule has 0 aliphatic carbocycles. The lowest BCUT2D eigenvalue weighted by Gasteiger charge is -2.41. The Morgan fingerprint density at radius 2 is 1.88 bits per heavy atom. The topological polar surface area (TPSA) is 70.8 Å². The predicted octanol–water partition coefficient (Wildman–Crippen LogP) is 3.18. The number of guanidine groups is 1. The third kappa shape index (κ3) is 3.16. The van der Waals surface area contributed by atoms with Crippen molar-refractivity contribution in [2.45, 2.75) is 12.7 Å². The number of anilines is 1. The summed E-state index contributed by atoms with van der Waals surface area (Å²) < 4.78 is 7.60. The predicted molar refractivity (Wildman–Crippen MR) is 123 cm³/mol. The van der Waals surface area contributed by atoms with Gasteiger partial charge in [0.15, 0.2) is 0 Å². The molecule has 0 saturated heterocycles. The maximum atomic E-state index is 5.35. The minimum absolute atomic E-state index is 0.111. The van der Waals surface area contributed by atoms with Crippen molar-refractivity contribution in [3.05, 3.63) is 84.2 Å². The van der Waals surface area contributed by atoms with E-state index in [2.05, 4.69) is 55.0 Å². The molecule has 4 heterocycles. The van der Waals surface area contributed by atoms with E-state index in [1.165, 1.54) is 0 Å². The molecule has 32 heavy (non-hydrogen) atoms. The van der Waals surface area contributed by atoms with Crippen molar-refractivity contribution in [1.82, 2.24) is 24.8 Å². The molecule has 2 aromatic heterocycles. The summed E-state index contributed by atoms with van der Waals surface area (Å²) in [4.78, 5) is 18.7. The van der Waals surface area contributed by atoms with Gasteiger partial charge < -0.3 is 10.1 Å². The summed E-state index contributed by atoms with van der Waals surface area (Å²) >= 11 is 0. The summed E-state index contributed by atoms with van der Waals surface area (Å²) in [5.74, 6) is 2.56. The van der Waals surface area contributed by atoms with Crippen molar-refractivity contribution >= 4 is 22.9 Å². The minimum atomic E-state index is -0.111. The number of hydrogen-bond donors (Lipinski definition) is 1. The van der Waals surface area contributed by atoms with Gasteiger partial charge in [-0.05, 0) is 42.0 Å². The van der Waals surface area contributed by atoms with Crippen LogP contribution in [-0.4, -0.2) is 45.8 Å². The number of aliphatic imine (C=N–C) groups is 1. The van der Waals surface area contributed by atoms with E-state index in [0.717, 1.165) is 46.5 Å². The van der Waals surface area contributed by atoms with Crippen molar-refractivity contribution < 1.29 is 4.74 Å². The van der Waals surface area contributed by atoms with E-state index in [1.807, 2.05) is 42.6 Å². The van der Waals surface area contributed by atoms with Gasteiger partial charge in [-0.2, -0.15) is 0 Å². The Bertz CT molecular complexity index is 1280. The Labute approximate surface area is 185 Å². The van der Waals surface area contributed by atoms with Gasteiger partial charge in [-0.1, -0.05) is 30.3 Å². The first-order valence-corrected chi connectivity index (χ1v) is 10.6. The minimum Gasteiger partial charge on any atom is -0.497 e. The van der Waals surface area contributed by atoms with Gasteiger partial charge in [-0.3, -0.25) is 19.4 Å². The number of methoxy groups -OCH3 is 1. The van der Waals surface area contributed by atoms with Crippen molar-refractivity contribution in [3.63, 3.8) is 0 Å². The molecule has 1 N–H and O–H groups in total. The van der Waals surface area contributed by atoms with E-state index in [-0.39, 0.29) is 6.17 Å². The highest BCUT2D eigenvalue weighted by Crippen LogP contribution is 2.34. The highest BCUT2D eigenvalue weighted by molar-refractivity contribution is 5.98. The third-order valence-corrected chi connectivity index (χ3v) is 5.90. The zero-order chi connectivity index (χ0) is 21.5. The standard InChI is InChI=1S/C24H23N7O/c1-32-19-11-9-17(10-12-19)22-28-23-26-15-29(14-18-6-4-5-13-25-18)16-30(23)24-27-20-7-2-3-8-21(20)31(22)24/h2-13,22H,14-16H2,1H3,(H,26,28)/t22-/m0/s1. The second-order valence-corrected chi connectivity index (χ2v) is 7.93. The van der Waals surface area contributed by atoms with Crippen LogP contribution in [0.2, 0.25) is 0 Å². The Hall–Kier alpha value is -3.91. The van der Waals surface area contributed by atoms with Crippen LogP contribution >= 0.6 is 0 Å². The van der Waals surface area contributed by atoms with Crippen LogP contribution in [0.25, 0.3) is 11.0 Å². The fourth-order valence-corrected chi connectivity index (χ4v) is 4.35. The maximum absolute atomic E-state index is 5.35. The van der Waals surface area contributed by atoms with Gasteiger partial charge in [0, 0.05) is 12.7 Å². The molecule has 2 aliphatic heterocycles. The van der Waals surface area contributed by atoms with Crippen LogP contribution in [-0.2, 0) is 6.54 Å². The Morgan fingerprint density at radius 3 is 2.69 bits per heavy atom. The number of aromatic nitrogens is 3. The number of benzene rings is 2. The fourth-order valence-electron chi connectivity index (χ4n) is 4.35. The first-order chi connectivity index (χ1) is 15.8. The number of ether oxygens (including phenoxy) is 1.